The van der Waals surface area contributed by atoms with Gasteiger partial charge in [0.25, 0.3) is 6.29 Å². The van der Waals surface area contributed by atoms with Crippen LogP contribution in [0.4, 0.5) is 0 Å². The smallest absolute Gasteiger partial charge is 0.373 e. The summed E-state index contributed by atoms with van der Waals surface area (Å²) in [5.41, 5.74) is 0.685. The molecule has 0 aliphatic heterocycles. The lowest BCUT2D eigenvalue weighted by Gasteiger charge is -2.16. The minimum Gasteiger partial charge on any atom is -0.497 e. The maximum absolute atomic E-state index is 11.0. The SMILES string of the molecule is CCO[C@H](Oc1ccc(OC[C@@H](O)c2cccc(OC)c2)cc1)C(=O)O. The Morgan fingerprint density at radius 1 is 1.08 bits per heavy atom. The van der Waals surface area contributed by atoms with Crippen molar-refractivity contribution in [1.29, 1.82) is 0 Å². The molecule has 0 aliphatic carbocycles. The van der Waals surface area contributed by atoms with Crippen LogP contribution in [0.25, 0.3) is 0 Å². The Balaban J connectivity index is 1.91. The van der Waals surface area contributed by atoms with Crippen molar-refractivity contribution in [2.45, 2.75) is 19.3 Å². The van der Waals surface area contributed by atoms with Crippen molar-refractivity contribution in [2.24, 2.45) is 0 Å². The van der Waals surface area contributed by atoms with Gasteiger partial charge in [-0.1, -0.05) is 12.1 Å². The fourth-order valence-electron chi connectivity index (χ4n) is 2.17. The standard InChI is InChI=1S/C19H22O7/c1-3-24-19(18(21)22)26-15-9-7-14(8-10-15)25-12-17(20)13-5-4-6-16(11-13)23-2/h4-11,17,19-20H,3,12H2,1-2H3,(H,21,22)/t17-,19-/m1/s1. The van der Waals surface area contributed by atoms with Crippen LogP contribution in [0, 0.1) is 0 Å². The molecule has 0 fully saturated rings. The number of aliphatic carboxylic acids is 1. The predicted octanol–water partition coefficient (Wildman–Crippen LogP) is 2.63. The molecule has 2 rings (SSSR count). The van der Waals surface area contributed by atoms with Crippen LogP contribution < -0.4 is 14.2 Å². The summed E-state index contributed by atoms with van der Waals surface area (Å²) in [5.74, 6) is 0.313. The molecule has 0 saturated carbocycles. The average Bonchev–Trinajstić information content (AvgIpc) is 2.66. The fraction of sp³-hybridized carbons (Fsp3) is 0.316. The molecular formula is C19H22O7. The van der Waals surface area contributed by atoms with Gasteiger partial charge in [0.1, 0.15) is 30.0 Å². The van der Waals surface area contributed by atoms with Gasteiger partial charge in [-0.3, -0.25) is 0 Å². The molecule has 0 unspecified atom stereocenters. The number of aliphatic hydroxyl groups is 1. The summed E-state index contributed by atoms with van der Waals surface area (Å²) >= 11 is 0. The quantitative estimate of drug-likeness (QED) is 0.627. The zero-order chi connectivity index (χ0) is 18.9. The molecule has 7 heteroatoms. The molecule has 7 nitrogen and oxygen atoms in total. The lowest BCUT2D eigenvalue weighted by atomic mass is 10.1. The van der Waals surface area contributed by atoms with Crippen LogP contribution in [0.3, 0.4) is 0 Å². The van der Waals surface area contributed by atoms with Gasteiger partial charge in [0.05, 0.1) is 7.11 Å². The topological polar surface area (TPSA) is 94.5 Å². The van der Waals surface area contributed by atoms with Crippen LogP contribution >= 0.6 is 0 Å². The number of methoxy groups -OCH3 is 1. The molecule has 26 heavy (non-hydrogen) atoms. The number of benzene rings is 2. The third kappa shape index (κ3) is 5.65. The summed E-state index contributed by atoms with van der Waals surface area (Å²) in [6.07, 6.45) is -2.17. The molecule has 0 amide bonds. The number of carboxylic acids is 1. The van der Waals surface area contributed by atoms with Gasteiger partial charge in [0, 0.05) is 6.61 Å². The van der Waals surface area contributed by atoms with E-state index in [-0.39, 0.29) is 13.2 Å². The highest BCUT2D eigenvalue weighted by molar-refractivity contribution is 5.71. The van der Waals surface area contributed by atoms with Crippen molar-refractivity contribution >= 4 is 5.97 Å². The number of hydrogen-bond donors (Lipinski definition) is 2. The highest BCUT2D eigenvalue weighted by Gasteiger charge is 2.19. The molecule has 2 aromatic rings. The number of carbonyl (C=O) groups is 1. The van der Waals surface area contributed by atoms with Gasteiger partial charge < -0.3 is 29.2 Å². The van der Waals surface area contributed by atoms with E-state index in [1.165, 1.54) is 0 Å². The molecule has 2 aromatic carbocycles. The van der Waals surface area contributed by atoms with E-state index in [2.05, 4.69) is 0 Å². The minimum atomic E-state index is -1.36. The van der Waals surface area contributed by atoms with Crippen LogP contribution in [0.5, 0.6) is 17.2 Å². The Labute approximate surface area is 151 Å². The zero-order valence-electron chi connectivity index (χ0n) is 14.6. The number of aliphatic hydroxyl groups excluding tert-OH is 1. The fourth-order valence-corrected chi connectivity index (χ4v) is 2.17. The summed E-state index contributed by atoms with van der Waals surface area (Å²) in [4.78, 5) is 11.0. The van der Waals surface area contributed by atoms with Gasteiger partial charge in [-0.2, -0.15) is 0 Å². The van der Waals surface area contributed by atoms with Crippen LogP contribution in [-0.4, -0.2) is 42.8 Å². The average molecular weight is 362 g/mol. The maximum atomic E-state index is 11.0. The molecule has 2 N–H and O–H groups in total. The second-order valence-corrected chi connectivity index (χ2v) is 5.32. The number of carboxylic acid groups (broad SMARTS) is 1. The highest BCUT2D eigenvalue weighted by Crippen LogP contribution is 2.22. The van der Waals surface area contributed by atoms with Crippen molar-refractivity contribution < 1.29 is 34.0 Å². The Morgan fingerprint density at radius 2 is 1.77 bits per heavy atom. The molecule has 0 bridgehead atoms. The first-order valence-corrected chi connectivity index (χ1v) is 8.09. The number of hydrogen-bond acceptors (Lipinski definition) is 6. The molecular weight excluding hydrogens is 340 g/mol. The predicted molar refractivity (Wildman–Crippen MR) is 93.6 cm³/mol. The third-order valence-electron chi connectivity index (χ3n) is 3.47. The molecule has 2 atom stereocenters. The molecule has 0 spiro atoms. The first kappa shape index (κ1) is 19.6. The van der Waals surface area contributed by atoms with Crippen LogP contribution in [0.2, 0.25) is 0 Å². The van der Waals surface area contributed by atoms with Gasteiger partial charge in [0.2, 0.25) is 0 Å². The Kier molecular flexibility index (Phi) is 7.25. The maximum Gasteiger partial charge on any atom is 0.373 e. The highest BCUT2D eigenvalue weighted by atomic mass is 16.7. The third-order valence-corrected chi connectivity index (χ3v) is 3.47. The molecule has 0 saturated heterocycles. The van der Waals surface area contributed by atoms with Crippen LogP contribution in [0.1, 0.15) is 18.6 Å². The molecule has 0 heterocycles. The number of ether oxygens (including phenoxy) is 4. The van der Waals surface area contributed by atoms with E-state index in [1.807, 2.05) is 0 Å². The van der Waals surface area contributed by atoms with E-state index in [0.29, 0.717) is 22.8 Å². The zero-order valence-corrected chi connectivity index (χ0v) is 14.6. The van der Waals surface area contributed by atoms with Crippen molar-refractivity contribution in [3.05, 3.63) is 54.1 Å². The van der Waals surface area contributed by atoms with E-state index < -0.39 is 18.4 Å². The van der Waals surface area contributed by atoms with Crippen LogP contribution in [0.15, 0.2) is 48.5 Å². The largest absolute Gasteiger partial charge is 0.497 e. The second kappa shape index (κ2) is 9.65. The Morgan fingerprint density at radius 3 is 2.38 bits per heavy atom. The van der Waals surface area contributed by atoms with Gasteiger partial charge in [0.15, 0.2) is 0 Å². The van der Waals surface area contributed by atoms with Crippen molar-refractivity contribution in [3.63, 3.8) is 0 Å². The molecule has 140 valence electrons. The van der Waals surface area contributed by atoms with E-state index in [4.69, 9.17) is 24.1 Å². The first-order valence-electron chi connectivity index (χ1n) is 8.09. The van der Waals surface area contributed by atoms with E-state index in [1.54, 1.807) is 62.6 Å². The minimum absolute atomic E-state index is 0.0596. The van der Waals surface area contributed by atoms with Crippen molar-refractivity contribution in [1.82, 2.24) is 0 Å². The summed E-state index contributed by atoms with van der Waals surface area (Å²) in [6.45, 7) is 1.97. The van der Waals surface area contributed by atoms with Crippen LogP contribution in [-0.2, 0) is 9.53 Å². The van der Waals surface area contributed by atoms with E-state index in [9.17, 15) is 9.90 Å². The lowest BCUT2D eigenvalue weighted by Crippen LogP contribution is -2.30. The van der Waals surface area contributed by atoms with E-state index in [0.717, 1.165) is 0 Å². The summed E-state index contributed by atoms with van der Waals surface area (Å²) in [6, 6.07) is 13.5. The van der Waals surface area contributed by atoms with Gasteiger partial charge in [-0.25, -0.2) is 4.79 Å². The molecule has 0 radical (unpaired) electrons. The lowest BCUT2D eigenvalue weighted by molar-refractivity contribution is -0.170. The Bertz CT molecular complexity index is 699. The van der Waals surface area contributed by atoms with E-state index >= 15 is 0 Å². The monoisotopic (exact) mass is 362 g/mol. The van der Waals surface area contributed by atoms with Gasteiger partial charge in [-0.05, 0) is 48.9 Å². The second-order valence-electron chi connectivity index (χ2n) is 5.32. The Hall–Kier alpha value is -2.77. The first-order chi connectivity index (χ1) is 12.5. The van der Waals surface area contributed by atoms with Crippen molar-refractivity contribution in [2.75, 3.05) is 20.3 Å². The van der Waals surface area contributed by atoms with Gasteiger partial charge >= 0.3 is 5.97 Å². The number of rotatable bonds is 10. The summed E-state index contributed by atoms with van der Waals surface area (Å²) in [7, 11) is 1.56. The summed E-state index contributed by atoms with van der Waals surface area (Å²) < 4.78 is 20.9. The molecule has 0 aromatic heterocycles. The molecule has 0 aliphatic rings. The van der Waals surface area contributed by atoms with Gasteiger partial charge in [-0.15, -0.1) is 0 Å². The normalized spacial score (nSPS) is 12.9. The van der Waals surface area contributed by atoms with Crippen molar-refractivity contribution in [3.8, 4) is 17.2 Å². The summed E-state index contributed by atoms with van der Waals surface area (Å²) in [5, 5.41) is 19.2.